The third kappa shape index (κ3) is 23.4. The Bertz CT molecular complexity index is 212. The summed E-state index contributed by atoms with van der Waals surface area (Å²) in [5, 5.41) is 7.01. The molecule has 0 amide bonds. The van der Waals surface area contributed by atoms with Gasteiger partial charge in [-0.2, -0.15) is 0 Å². The van der Waals surface area contributed by atoms with Gasteiger partial charge in [0.05, 0.1) is 0 Å². The molecule has 0 unspecified atom stereocenters. The standard InChI is InChI=1S/2C7H14.C6H12.C2H6.CH2O3/c2*1-7-5-3-2-4-6-7;1-2-4-6-5-3-1;1-2;2-1-4-3/h2*7H,2-6H2,1H3;1-6H2;1-2H3;1,3H. The van der Waals surface area contributed by atoms with Gasteiger partial charge in [0.1, 0.15) is 0 Å². The molecule has 0 spiro atoms. The van der Waals surface area contributed by atoms with Crippen LogP contribution < -0.4 is 0 Å². The van der Waals surface area contributed by atoms with Crippen LogP contribution in [0.1, 0.15) is 130 Å². The van der Waals surface area contributed by atoms with Crippen molar-refractivity contribution in [2.75, 3.05) is 0 Å². The Kier molecular flexibility index (Phi) is 26.0. The van der Waals surface area contributed by atoms with Gasteiger partial charge >= 0.3 is 6.47 Å². The maximum absolute atomic E-state index is 8.70. The zero-order chi connectivity index (χ0) is 19.9. The van der Waals surface area contributed by atoms with Crippen LogP contribution in [-0.4, -0.2) is 11.7 Å². The first kappa shape index (κ1) is 27.6. The lowest BCUT2D eigenvalue weighted by Gasteiger charge is -2.15. The van der Waals surface area contributed by atoms with Gasteiger partial charge in [0.2, 0.25) is 0 Å². The van der Waals surface area contributed by atoms with E-state index in [4.69, 9.17) is 10.1 Å². The molecule has 0 radical (unpaired) electrons. The third-order valence-electron chi connectivity index (χ3n) is 5.33. The molecule has 0 bridgehead atoms. The van der Waals surface area contributed by atoms with Crippen molar-refractivity contribution in [1.29, 1.82) is 0 Å². The Morgan fingerprint density at radius 3 is 0.923 bits per heavy atom. The third-order valence-corrected chi connectivity index (χ3v) is 5.33. The van der Waals surface area contributed by atoms with Crippen LogP contribution in [0.3, 0.4) is 0 Å². The quantitative estimate of drug-likeness (QED) is 0.287. The molecular formula is C23H48O3. The van der Waals surface area contributed by atoms with E-state index in [1.165, 1.54) is 103 Å². The normalized spacial score (nSPS) is 20.2. The minimum absolute atomic E-state index is 0.0694. The van der Waals surface area contributed by atoms with Gasteiger partial charge in [-0.3, -0.25) is 4.79 Å². The highest BCUT2D eigenvalue weighted by molar-refractivity contribution is 5.35. The fourth-order valence-electron chi connectivity index (χ4n) is 3.67. The summed E-state index contributed by atoms with van der Waals surface area (Å²) in [4.78, 5) is 11.6. The van der Waals surface area contributed by atoms with Crippen LogP contribution in [0.5, 0.6) is 0 Å². The fraction of sp³-hybridized carbons (Fsp3) is 0.957. The van der Waals surface area contributed by atoms with E-state index in [0.717, 1.165) is 11.8 Å². The van der Waals surface area contributed by atoms with Crippen molar-refractivity contribution in [3.8, 4) is 0 Å². The molecule has 158 valence electrons. The summed E-state index contributed by atoms with van der Waals surface area (Å²) in [6, 6.07) is 0. The van der Waals surface area contributed by atoms with Crippen LogP contribution >= 0.6 is 0 Å². The van der Waals surface area contributed by atoms with E-state index in [0.29, 0.717) is 0 Å². The summed E-state index contributed by atoms with van der Waals surface area (Å²) < 4.78 is 0. The number of rotatable bonds is 1. The van der Waals surface area contributed by atoms with Crippen LogP contribution in [0.25, 0.3) is 0 Å². The first-order valence-electron chi connectivity index (χ1n) is 11.4. The average molecular weight is 373 g/mol. The lowest BCUT2D eigenvalue weighted by atomic mass is 9.91. The molecule has 3 rings (SSSR count). The van der Waals surface area contributed by atoms with Crippen molar-refractivity contribution in [1.82, 2.24) is 0 Å². The molecule has 0 atom stereocenters. The first-order valence-corrected chi connectivity index (χ1v) is 11.4. The van der Waals surface area contributed by atoms with E-state index in [-0.39, 0.29) is 6.47 Å². The maximum Gasteiger partial charge on any atom is 0.330 e. The second-order valence-corrected chi connectivity index (χ2v) is 7.81. The molecule has 1 N–H and O–H groups in total. The molecule has 3 aliphatic rings. The van der Waals surface area contributed by atoms with Crippen LogP contribution in [0.2, 0.25) is 0 Å². The van der Waals surface area contributed by atoms with Gasteiger partial charge in [-0.25, -0.2) is 5.26 Å². The Morgan fingerprint density at radius 2 is 0.808 bits per heavy atom. The topological polar surface area (TPSA) is 46.5 Å². The maximum atomic E-state index is 8.70. The highest BCUT2D eigenvalue weighted by atomic mass is 17.1. The molecule has 0 aromatic rings. The van der Waals surface area contributed by atoms with Crippen molar-refractivity contribution < 1.29 is 14.9 Å². The summed E-state index contributed by atoms with van der Waals surface area (Å²) in [6.07, 6.45) is 23.9. The summed E-state index contributed by atoms with van der Waals surface area (Å²) in [7, 11) is 0. The van der Waals surface area contributed by atoms with Crippen LogP contribution in [0.15, 0.2) is 0 Å². The molecule has 3 heteroatoms. The van der Waals surface area contributed by atoms with Gasteiger partial charge < -0.3 is 4.89 Å². The van der Waals surface area contributed by atoms with Gasteiger partial charge in [0, 0.05) is 0 Å². The van der Waals surface area contributed by atoms with Crippen molar-refractivity contribution >= 4 is 6.47 Å². The van der Waals surface area contributed by atoms with Gasteiger partial charge in [-0.15, -0.1) is 0 Å². The zero-order valence-corrected chi connectivity index (χ0v) is 18.3. The molecular weight excluding hydrogens is 324 g/mol. The summed E-state index contributed by atoms with van der Waals surface area (Å²) in [5.74, 6) is 2.07. The molecule has 0 aromatic carbocycles. The molecule has 0 saturated heterocycles. The lowest BCUT2D eigenvalue weighted by Crippen LogP contribution is -1.99. The molecule has 3 aliphatic carbocycles. The molecule has 26 heavy (non-hydrogen) atoms. The molecule has 3 saturated carbocycles. The van der Waals surface area contributed by atoms with Crippen molar-refractivity contribution in [3.63, 3.8) is 0 Å². The second kappa shape index (κ2) is 24.4. The SMILES string of the molecule is C1CCCCC1.CC.CC1CCCCC1.CC1CCCCC1.O=COO. The van der Waals surface area contributed by atoms with Gasteiger partial charge in [0.25, 0.3) is 0 Å². The molecule has 0 heterocycles. The Labute approximate surface area is 164 Å². The summed E-state index contributed by atoms with van der Waals surface area (Å²) >= 11 is 0. The fourth-order valence-corrected chi connectivity index (χ4v) is 3.67. The van der Waals surface area contributed by atoms with Crippen LogP contribution in [-0.2, 0) is 9.68 Å². The molecule has 3 fully saturated rings. The number of carbonyl (C=O) groups excluding carboxylic acids is 1. The largest absolute Gasteiger partial charge is 0.330 e. The predicted octanol–water partition coefficient (Wildman–Crippen LogP) is 8.17. The van der Waals surface area contributed by atoms with E-state index in [9.17, 15) is 0 Å². The summed E-state index contributed by atoms with van der Waals surface area (Å²) in [5.41, 5.74) is 0. The Hall–Kier alpha value is -0.570. The zero-order valence-electron chi connectivity index (χ0n) is 18.3. The molecule has 0 aliphatic heterocycles. The van der Waals surface area contributed by atoms with Crippen LogP contribution in [0.4, 0.5) is 0 Å². The number of hydrogen-bond donors (Lipinski definition) is 1. The van der Waals surface area contributed by atoms with Crippen molar-refractivity contribution in [2.45, 2.75) is 130 Å². The monoisotopic (exact) mass is 372 g/mol. The molecule has 3 nitrogen and oxygen atoms in total. The van der Waals surface area contributed by atoms with E-state index >= 15 is 0 Å². The highest BCUT2D eigenvalue weighted by Gasteiger charge is 2.06. The first-order chi connectivity index (χ1) is 12.7. The average Bonchev–Trinajstić information content (AvgIpc) is 2.73. The Morgan fingerprint density at radius 1 is 0.615 bits per heavy atom. The Balaban J connectivity index is 0. The van der Waals surface area contributed by atoms with E-state index in [1.807, 2.05) is 13.8 Å². The lowest BCUT2D eigenvalue weighted by molar-refractivity contribution is -0.217. The van der Waals surface area contributed by atoms with E-state index in [2.05, 4.69) is 18.7 Å². The van der Waals surface area contributed by atoms with Crippen LogP contribution in [0, 0.1) is 11.8 Å². The summed E-state index contributed by atoms with van der Waals surface area (Å²) in [6.45, 7) is 8.65. The molecule has 0 aromatic heterocycles. The van der Waals surface area contributed by atoms with Gasteiger partial charge in [-0.05, 0) is 11.8 Å². The van der Waals surface area contributed by atoms with Gasteiger partial charge in [0.15, 0.2) is 0 Å². The minimum Gasteiger partial charge on any atom is -0.304 e. The number of hydrogen-bond acceptors (Lipinski definition) is 3. The smallest absolute Gasteiger partial charge is 0.304 e. The second-order valence-electron chi connectivity index (χ2n) is 7.81. The van der Waals surface area contributed by atoms with E-state index in [1.54, 1.807) is 0 Å². The number of carbonyl (C=O) groups is 1. The predicted molar refractivity (Wildman–Crippen MR) is 113 cm³/mol. The van der Waals surface area contributed by atoms with Crippen molar-refractivity contribution in [2.24, 2.45) is 11.8 Å². The van der Waals surface area contributed by atoms with Crippen molar-refractivity contribution in [3.05, 3.63) is 0 Å². The van der Waals surface area contributed by atoms with E-state index < -0.39 is 0 Å². The van der Waals surface area contributed by atoms with Gasteiger partial charge in [-0.1, -0.05) is 130 Å². The minimum atomic E-state index is -0.0694. The highest BCUT2D eigenvalue weighted by Crippen LogP contribution is 2.22.